The van der Waals surface area contributed by atoms with Gasteiger partial charge >= 0.3 is 0 Å². The van der Waals surface area contributed by atoms with Gasteiger partial charge in [0.25, 0.3) is 0 Å². The van der Waals surface area contributed by atoms with E-state index in [1.54, 1.807) is 30.5 Å². The maximum Gasteiger partial charge on any atom is 0.192 e. The minimum Gasteiger partial charge on any atom is -0.325 e. The molecule has 3 nitrogen and oxygen atoms in total. The van der Waals surface area contributed by atoms with Gasteiger partial charge in [-0.1, -0.05) is 12.1 Å². The van der Waals surface area contributed by atoms with Gasteiger partial charge in [0.05, 0.1) is 10.6 Å². The normalized spacial score (nSPS) is 10.4. The van der Waals surface area contributed by atoms with Crippen LogP contribution in [0.25, 0.3) is 0 Å². The average molecular weight is 235 g/mol. The highest BCUT2D eigenvalue weighted by molar-refractivity contribution is 7.99. The van der Waals surface area contributed by atoms with Crippen LogP contribution in [0.4, 0.5) is 4.39 Å². The zero-order valence-electron chi connectivity index (χ0n) is 8.43. The first-order valence-corrected chi connectivity index (χ1v) is 5.55. The molecular weight excluding hydrogens is 225 g/mol. The van der Waals surface area contributed by atoms with Crippen LogP contribution >= 0.6 is 11.8 Å². The van der Waals surface area contributed by atoms with E-state index >= 15 is 0 Å². The SMILES string of the molecule is NCc1ccnc(Sc2ccccc2F)n1. The Kier molecular flexibility index (Phi) is 3.48. The largest absolute Gasteiger partial charge is 0.325 e. The zero-order valence-corrected chi connectivity index (χ0v) is 9.25. The lowest BCUT2D eigenvalue weighted by atomic mass is 10.3. The van der Waals surface area contributed by atoms with E-state index in [4.69, 9.17) is 5.73 Å². The third-order valence-corrected chi connectivity index (χ3v) is 2.87. The van der Waals surface area contributed by atoms with Crippen molar-refractivity contribution < 1.29 is 4.39 Å². The fourth-order valence-electron chi connectivity index (χ4n) is 1.16. The van der Waals surface area contributed by atoms with Crippen LogP contribution in [0.1, 0.15) is 5.69 Å². The molecule has 16 heavy (non-hydrogen) atoms. The summed E-state index contributed by atoms with van der Waals surface area (Å²) in [6.07, 6.45) is 1.62. The van der Waals surface area contributed by atoms with Gasteiger partial charge in [-0.3, -0.25) is 0 Å². The molecule has 2 N–H and O–H groups in total. The van der Waals surface area contributed by atoms with Crippen molar-refractivity contribution >= 4 is 11.8 Å². The van der Waals surface area contributed by atoms with Crippen LogP contribution in [0.5, 0.6) is 0 Å². The van der Waals surface area contributed by atoms with Gasteiger partial charge in [-0.15, -0.1) is 0 Å². The summed E-state index contributed by atoms with van der Waals surface area (Å²) in [7, 11) is 0. The first-order valence-electron chi connectivity index (χ1n) is 4.74. The summed E-state index contributed by atoms with van der Waals surface area (Å²) in [6, 6.07) is 8.27. The third kappa shape index (κ3) is 2.56. The molecule has 0 aliphatic rings. The molecule has 2 rings (SSSR count). The standard InChI is InChI=1S/C11H10FN3S/c12-9-3-1-2-4-10(9)16-11-14-6-5-8(7-13)15-11/h1-6H,7,13H2. The number of aromatic nitrogens is 2. The van der Waals surface area contributed by atoms with Crippen molar-refractivity contribution in [2.75, 3.05) is 0 Å². The number of rotatable bonds is 3. The van der Waals surface area contributed by atoms with Gasteiger partial charge in [-0.2, -0.15) is 0 Å². The summed E-state index contributed by atoms with van der Waals surface area (Å²) in [4.78, 5) is 8.75. The number of hydrogen-bond acceptors (Lipinski definition) is 4. The molecule has 2 aromatic rings. The lowest BCUT2D eigenvalue weighted by Crippen LogP contribution is -2.00. The number of nitrogens with two attached hydrogens (primary N) is 1. The number of benzene rings is 1. The lowest BCUT2D eigenvalue weighted by molar-refractivity contribution is 0.601. The molecule has 5 heteroatoms. The summed E-state index contributed by atoms with van der Waals surface area (Å²) in [6.45, 7) is 0.355. The average Bonchev–Trinajstić information content (AvgIpc) is 2.32. The second-order valence-corrected chi connectivity index (χ2v) is 4.08. The van der Waals surface area contributed by atoms with E-state index in [0.29, 0.717) is 16.6 Å². The van der Waals surface area contributed by atoms with Crippen molar-refractivity contribution in [3.05, 3.63) is 48.0 Å². The fourth-order valence-corrected chi connectivity index (χ4v) is 1.95. The van der Waals surface area contributed by atoms with E-state index in [1.165, 1.54) is 17.8 Å². The van der Waals surface area contributed by atoms with Gasteiger partial charge in [0.15, 0.2) is 5.16 Å². The molecule has 0 aliphatic carbocycles. The Labute approximate surface area is 96.9 Å². The second kappa shape index (κ2) is 5.05. The summed E-state index contributed by atoms with van der Waals surface area (Å²) in [5.41, 5.74) is 6.21. The summed E-state index contributed by atoms with van der Waals surface area (Å²) >= 11 is 1.19. The Balaban J connectivity index is 2.24. The third-order valence-electron chi connectivity index (χ3n) is 1.94. The van der Waals surface area contributed by atoms with Gasteiger partial charge in [0.2, 0.25) is 0 Å². The molecule has 0 bridgehead atoms. The molecular formula is C11H10FN3S. The van der Waals surface area contributed by atoms with Gasteiger partial charge in [0.1, 0.15) is 5.82 Å². The van der Waals surface area contributed by atoms with Crippen LogP contribution in [0.3, 0.4) is 0 Å². The Morgan fingerprint density at radius 2 is 2.06 bits per heavy atom. The lowest BCUT2D eigenvalue weighted by Gasteiger charge is -2.02. The second-order valence-electron chi connectivity index (χ2n) is 3.07. The molecule has 1 heterocycles. The Hall–Kier alpha value is -1.46. The monoisotopic (exact) mass is 235 g/mol. The molecule has 1 aromatic carbocycles. The summed E-state index contributed by atoms with van der Waals surface area (Å²) in [5.74, 6) is -0.269. The Morgan fingerprint density at radius 3 is 2.81 bits per heavy atom. The van der Waals surface area contributed by atoms with Crippen molar-refractivity contribution in [2.24, 2.45) is 5.73 Å². The van der Waals surface area contributed by atoms with Gasteiger partial charge < -0.3 is 5.73 Å². The Bertz CT molecular complexity index is 490. The maximum absolute atomic E-state index is 13.4. The van der Waals surface area contributed by atoms with E-state index in [1.807, 2.05) is 0 Å². The van der Waals surface area contributed by atoms with Crippen molar-refractivity contribution in [1.29, 1.82) is 0 Å². The molecule has 0 unspecified atom stereocenters. The van der Waals surface area contributed by atoms with Crippen LogP contribution in [0.2, 0.25) is 0 Å². The molecule has 0 fully saturated rings. The van der Waals surface area contributed by atoms with Crippen LogP contribution in [0, 0.1) is 5.82 Å². The first kappa shape index (κ1) is 11.0. The number of hydrogen-bond donors (Lipinski definition) is 1. The predicted molar refractivity (Wildman–Crippen MR) is 60.4 cm³/mol. The van der Waals surface area contributed by atoms with E-state index in [0.717, 1.165) is 5.69 Å². The Morgan fingerprint density at radius 1 is 1.25 bits per heavy atom. The number of halogens is 1. The van der Waals surface area contributed by atoms with Gasteiger partial charge in [-0.05, 0) is 30.0 Å². The van der Waals surface area contributed by atoms with Crippen molar-refractivity contribution in [2.45, 2.75) is 16.6 Å². The summed E-state index contributed by atoms with van der Waals surface area (Å²) in [5, 5.41) is 0.507. The molecule has 0 atom stereocenters. The topological polar surface area (TPSA) is 51.8 Å². The van der Waals surface area contributed by atoms with E-state index in [-0.39, 0.29) is 5.82 Å². The molecule has 0 amide bonds. The molecule has 0 spiro atoms. The molecule has 0 radical (unpaired) electrons. The maximum atomic E-state index is 13.4. The molecule has 1 aromatic heterocycles. The van der Waals surface area contributed by atoms with E-state index < -0.39 is 0 Å². The van der Waals surface area contributed by atoms with Crippen molar-refractivity contribution in [1.82, 2.24) is 9.97 Å². The predicted octanol–water partition coefficient (Wildman–Crippen LogP) is 2.23. The molecule has 82 valence electrons. The van der Waals surface area contributed by atoms with Gasteiger partial charge in [0, 0.05) is 12.7 Å². The van der Waals surface area contributed by atoms with Crippen molar-refractivity contribution in [3.8, 4) is 0 Å². The van der Waals surface area contributed by atoms with Crippen LogP contribution in [-0.2, 0) is 6.54 Å². The van der Waals surface area contributed by atoms with Crippen molar-refractivity contribution in [3.63, 3.8) is 0 Å². The molecule has 0 saturated carbocycles. The fraction of sp³-hybridized carbons (Fsp3) is 0.0909. The smallest absolute Gasteiger partial charge is 0.192 e. The highest BCUT2D eigenvalue weighted by atomic mass is 32.2. The number of nitrogens with zero attached hydrogens (tertiary/aromatic N) is 2. The first-order chi connectivity index (χ1) is 7.79. The minimum absolute atomic E-state index is 0.269. The highest BCUT2D eigenvalue weighted by Gasteiger charge is 2.05. The van der Waals surface area contributed by atoms with Crippen LogP contribution in [-0.4, -0.2) is 9.97 Å². The quantitative estimate of drug-likeness (QED) is 0.829. The molecule has 0 aliphatic heterocycles. The van der Waals surface area contributed by atoms with Crippen LogP contribution < -0.4 is 5.73 Å². The minimum atomic E-state index is -0.269. The molecule has 0 saturated heterocycles. The summed E-state index contributed by atoms with van der Waals surface area (Å²) < 4.78 is 13.4. The van der Waals surface area contributed by atoms with Crippen LogP contribution in [0.15, 0.2) is 46.6 Å². The van der Waals surface area contributed by atoms with Gasteiger partial charge in [-0.25, -0.2) is 14.4 Å². The highest BCUT2D eigenvalue weighted by Crippen LogP contribution is 2.26. The van der Waals surface area contributed by atoms with E-state index in [2.05, 4.69) is 9.97 Å². The zero-order chi connectivity index (χ0) is 11.4. The van der Waals surface area contributed by atoms with E-state index in [9.17, 15) is 4.39 Å².